The van der Waals surface area contributed by atoms with Gasteiger partial charge in [0.05, 0.1) is 11.3 Å². The number of nitrogens with one attached hydrogen (secondary N) is 1. The molecule has 2 rings (SSSR count). The van der Waals surface area contributed by atoms with Crippen LogP contribution in [0.2, 0.25) is 0 Å². The molecule has 1 aromatic rings. The molecule has 0 saturated heterocycles. The number of unbranched alkanes of at least 4 members (excludes halogenated alkanes) is 1. The topological polar surface area (TPSA) is 84.2 Å². The van der Waals surface area contributed by atoms with Gasteiger partial charge in [0.1, 0.15) is 6.04 Å². The number of nitrogens with zero attached hydrogens (tertiary/aromatic N) is 2. The number of carboxylic acids is 1. The minimum Gasteiger partial charge on any atom is -0.480 e. The Balaban J connectivity index is 2.13. The van der Waals surface area contributed by atoms with Gasteiger partial charge in [0.2, 0.25) is 0 Å². The van der Waals surface area contributed by atoms with Gasteiger partial charge >= 0.3 is 5.97 Å². The molecule has 2 N–H and O–H groups in total. The maximum absolute atomic E-state index is 12.6. The number of carboxylic acid groups (broad SMARTS) is 1. The van der Waals surface area contributed by atoms with Crippen molar-refractivity contribution in [1.29, 1.82) is 0 Å². The van der Waals surface area contributed by atoms with Gasteiger partial charge in [0, 0.05) is 19.2 Å². The minimum atomic E-state index is -0.977. The third-order valence-corrected chi connectivity index (χ3v) is 4.54. The van der Waals surface area contributed by atoms with Gasteiger partial charge in [-0.1, -0.05) is 39.0 Å². The average molecular weight is 321 g/mol. The molecule has 1 atom stereocenters. The predicted molar refractivity (Wildman–Crippen MR) is 87.4 cm³/mol. The van der Waals surface area contributed by atoms with Crippen LogP contribution in [0.5, 0.6) is 0 Å². The zero-order chi connectivity index (χ0) is 16.8. The van der Waals surface area contributed by atoms with E-state index in [1.54, 1.807) is 17.9 Å². The van der Waals surface area contributed by atoms with E-state index in [0.717, 1.165) is 44.2 Å². The largest absolute Gasteiger partial charge is 0.480 e. The number of aryl methyl sites for hydroxylation is 1. The molecular formula is C17H27N3O3. The normalized spacial score (nSPS) is 17.0. The van der Waals surface area contributed by atoms with Crippen molar-refractivity contribution < 1.29 is 14.7 Å². The van der Waals surface area contributed by atoms with Crippen molar-refractivity contribution in [3.63, 3.8) is 0 Å². The first-order valence-electron chi connectivity index (χ1n) is 8.60. The van der Waals surface area contributed by atoms with Crippen molar-refractivity contribution >= 4 is 11.9 Å². The molecule has 6 heteroatoms. The number of carbonyl (C=O) groups excluding carboxylic acids is 1. The number of hydrogen-bond acceptors (Lipinski definition) is 3. The molecule has 23 heavy (non-hydrogen) atoms. The van der Waals surface area contributed by atoms with Crippen LogP contribution in [0.3, 0.4) is 0 Å². The highest BCUT2D eigenvalue weighted by Crippen LogP contribution is 2.33. The molecule has 1 aliphatic carbocycles. The Bertz CT molecular complexity index is 547. The lowest BCUT2D eigenvalue weighted by Gasteiger charge is -2.21. The summed E-state index contributed by atoms with van der Waals surface area (Å²) in [5.74, 6) is -0.985. The van der Waals surface area contributed by atoms with Crippen LogP contribution in [0.1, 0.15) is 80.3 Å². The van der Waals surface area contributed by atoms with Crippen LogP contribution in [-0.2, 0) is 11.8 Å². The SMILES string of the molecule is CCCCC(NC(=O)c1cn(C)nc1C1CCCCC1)C(=O)O. The summed E-state index contributed by atoms with van der Waals surface area (Å²) < 4.78 is 1.65. The van der Waals surface area contributed by atoms with Gasteiger partial charge in [0.15, 0.2) is 0 Å². The number of amides is 1. The number of hydrogen-bond donors (Lipinski definition) is 2. The molecule has 0 aromatic carbocycles. The monoisotopic (exact) mass is 321 g/mol. The molecule has 6 nitrogen and oxygen atoms in total. The van der Waals surface area contributed by atoms with Crippen molar-refractivity contribution in [2.75, 3.05) is 0 Å². The Hall–Kier alpha value is -1.85. The molecule has 0 aliphatic heterocycles. The first kappa shape index (κ1) is 17.5. The fourth-order valence-electron chi connectivity index (χ4n) is 3.26. The maximum Gasteiger partial charge on any atom is 0.326 e. The van der Waals surface area contributed by atoms with Gasteiger partial charge in [-0.3, -0.25) is 9.48 Å². The standard InChI is InChI=1S/C17H27N3O3/c1-3-4-10-14(17(22)23)18-16(21)13-11-20(2)19-15(13)12-8-6-5-7-9-12/h11-12,14H,3-10H2,1-2H3,(H,18,21)(H,22,23). The van der Waals surface area contributed by atoms with Crippen molar-refractivity contribution in [3.8, 4) is 0 Å². The van der Waals surface area contributed by atoms with Gasteiger partial charge in [0.25, 0.3) is 5.91 Å². The third-order valence-electron chi connectivity index (χ3n) is 4.54. The predicted octanol–water partition coefficient (Wildman–Crippen LogP) is 2.84. The highest BCUT2D eigenvalue weighted by atomic mass is 16.4. The van der Waals surface area contributed by atoms with Gasteiger partial charge in [-0.05, 0) is 19.3 Å². The molecule has 0 bridgehead atoms. The number of aliphatic carboxylic acids is 1. The van der Waals surface area contributed by atoms with E-state index in [4.69, 9.17) is 0 Å². The Labute approximate surface area is 137 Å². The summed E-state index contributed by atoms with van der Waals surface area (Å²) in [4.78, 5) is 23.9. The van der Waals surface area contributed by atoms with E-state index in [-0.39, 0.29) is 5.91 Å². The van der Waals surface area contributed by atoms with Crippen molar-refractivity contribution in [2.45, 2.75) is 70.3 Å². The molecule has 1 aromatic heterocycles. The lowest BCUT2D eigenvalue weighted by Crippen LogP contribution is -2.41. The van der Waals surface area contributed by atoms with E-state index >= 15 is 0 Å². The van der Waals surface area contributed by atoms with Crippen LogP contribution in [0.4, 0.5) is 0 Å². The van der Waals surface area contributed by atoms with Gasteiger partial charge in [-0.15, -0.1) is 0 Å². The van der Waals surface area contributed by atoms with Gasteiger partial charge < -0.3 is 10.4 Å². The Morgan fingerprint density at radius 2 is 2.09 bits per heavy atom. The fraction of sp³-hybridized carbons (Fsp3) is 0.706. The zero-order valence-corrected chi connectivity index (χ0v) is 14.0. The molecule has 128 valence electrons. The molecule has 1 amide bonds. The molecule has 0 spiro atoms. The summed E-state index contributed by atoms with van der Waals surface area (Å²) in [7, 11) is 1.80. The molecule has 0 radical (unpaired) electrons. The minimum absolute atomic E-state index is 0.310. The quantitative estimate of drug-likeness (QED) is 0.809. The second-order valence-electron chi connectivity index (χ2n) is 6.44. The van der Waals surface area contributed by atoms with Crippen molar-refractivity contribution in [1.82, 2.24) is 15.1 Å². The maximum atomic E-state index is 12.6. The van der Waals surface area contributed by atoms with E-state index in [2.05, 4.69) is 10.4 Å². The molecular weight excluding hydrogens is 294 g/mol. The van der Waals surface area contributed by atoms with Crippen molar-refractivity contribution in [2.24, 2.45) is 7.05 Å². The summed E-state index contributed by atoms with van der Waals surface area (Å²) in [6, 6.07) is -0.832. The smallest absolute Gasteiger partial charge is 0.326 e. The van der Waals surface area contributed by atoms with Crippen molar-refractivity contribution in [3.05, 3.63) is 17.5 Å². The summed E-state index contributed by atoms with van der Waals surface area (Å²) >= 11 is 0. The molecule has 1 unspecified atom stereocenters. The number of aromatic nitrogens is 2. The van der Waals surface area contributed by atoms with Gasteiger partial charge in [-0.2, -0.15) is 5.10 Å². The molecule has 1 heterocycles. The summed E-state index contributed by atoms with van der Waals surface area (Å²) in [5, 5.41) is 16.4. The van der Waals surface area contributed by atoms with Crippen LogP contribution < -0.4 is 5.32 Å². The summed E-state index contributed by atoms with van der Waals surface area (Å²) in [6.07, 6.45) is 9.51. The van der Waals surface area contributed by atoms with E-state index in [9.17, 15) is 14.7 Å². The highest BCUT2D eigenvalue weighted by Gasteiger charge is 2.27. The summed E-state index contributed by atoms with van der Waals surface area (Å²) in [5.41, 5.74) is 1.35. The number of carbonyl (C=O) groups is 2. The second kappa shape index (κ2) is 8.13. The van der Waals surface area contributed by atoms with Gasteiger partial charge in [-0.25, -0.2) is 4.79 Å². The van der Waals surface area contributed by atoms with Crippen LogP contribution in [0.15, 0.2) is 6.20 Å². The lowest BCUT2D eigenvalue weighted by molar-refractivity contribution is -0.139. The first-order chi connectivity index (χ1) is 11.0. The second-order valence-corrected chi connectivity index (χ2v) is 6.44. The fourth-order valence-corrected chi connectivity index (χ4v) is 3.26. The van der Waals surface area contributed by atoms with E-state index in [1.165, 1.54) is 6.42 Å². The number of rotatable bonds is 7. The Morgan fingerprint density at radius 1 is 1.39 bits per heavy atom. The Kier molecular flexibility index (Phi) is 6.19. The van der Waals surface area contributed by atoms with E-state index < -0.39 is 12.0 Å². The van der Waals surface area contributed by atoms with Crippen LogP contribution >= 0.6 is 0 Å². The summed E-state index contributed by atoms with van der Waals surface area (Å²) in [6.45, 7) is 2.00. The molecule has 1 saturated carbocycles. The first-order valence-corrected chi connectivity index (χ1v) is 8.60. The van der Waals surface area contributed by atoms with Crippen LogP contribution in [0.25, 0.3) is 0 Å². The van der Waals surface area contributed by atoms with E-state index in [1.807, 2.05) is 6.92 Å². The molecule has 1 fully saturated rings. The Morgan fingerprint density at radius 3 is 2.70 bits per heavy atom. The highest BCUT2D eigenvalue weighted by molar-refractivity contribution is 5.97. The molecule has 1 aliphatic rings. The van der Waals surface area contributed by atoms with Crippen LogP contribution in [-0.4, -0.2) is 32.8 Å². The zero-order valence-electron chi connectivity index (χ0n) is 14.0. The van der Waals surface area contributed by atoms with E-state index in [0.29, 0.717) is 17.9 Å². The third kappa shape index (κ3) is 4.56. The van der Waals surface area contributed by atoms with Crippen LogP contribution in [0, 0.1) is 0 Å². The lowest BCUT2D eigenvalue weighted by atomic mass is 9.85. The average Bonchev–Trinajstić information content (AvgIpc) is 2.94.